The lowest BCUT2D eigenvalue weighted by Gasteiger charge is -2.10. The quantitative estimate of drug-likeness (QED) is 0.525. The third kappa shape index (κ3) is 1.40. The van der Waals surface area contributed by atoms with Crippen LogP contribution >= 0.6 is 11.6 Å². The minimum atomic E-state index is 0.0440. The maximum atomic E-state index is 8.58. The summed E-state index contributed by atoms with van der Waals surface area (Å²) in [6, 6.07) is 2.20. The second-order valence-corrected chi connectivity index (χ2v) is 2.83. The van der Waals surface area contributed by atoms with Gasteiger partial charge < -0.3 is 0 Å². The van der Waals surface area contributed by atoms with Crippen LogP contribution in [-0.2, 0) is 0 Å². The number of allylic oxidation sites excluding steroid dienone is 4. The molecule has 10 heavy (non-hydrogen) atoms. The van der Waals surface area contributed by atoms with Crippen LogP contribution in [0.2, 0.25) is 0 Å². The fourth-order valence-electron chi connectivity index (χ4n) is 0.948. The highest BCUT2D eigenvalue weighted by Gasteiger charge is 2.11. The summed E-state index contributed by atoms with van der Waals surface area (Å²) < 4.78 is 0. The Balaban J connectivity index is 2.80. The van der Waals surface area contributed by atoms with Gasteiger partial charge in [0.15, 0.2) is 0 Å². The van der Waals surface area contributed by atoms with E-state index in [4.69, 9.17) is 16.9 Å². The Bertz CT molecular complexity index is 232. The smallest absolute Gasteiger partial charge is 0.0708 e. The zero-order chi connectivity index (χ0) is 7.56. The predicted octanol–water partition coefficient (Wildman–Crippen LogP) is 2.60. The van der Waals surface area contributed by atoms with Crippen LogP contribution in [0, 0.1) is 17.2 Å². The van der Waals surface area contributed by atoms with E-state index in [0.29, 0.717) is 0 Å². The lowest BCUT2D eigenvalue weighted by Crippen LogP contribution is -2.00. The molecular formula is C8H8ClN. The highest BCUT2D eigenvalue weighted by molar-refractivity contribution is 6.31. The van der Waals surface area contributed by atoms with Crippen molar-refractivity contribution < 1.29 is 0 Å². The van der Waals surface area contributed by atoms with Gasteiger partial charge in [0.1, 0.15) is 0 Å². The Morgan fingerprint density at radius 3 is 3.00 bits per heavy atom. The lowest BCUT2D eigenvalue weighted by atomic mass is 9.94. The normalized spacial score (nSPS) is 24.7. The van der Waals surface area contributed by atoms with E-state index in [1.165, 1.54) is 0 Å². The van der Waals surface area contributed by atoms with Gasteiger partial charge in [-0.25, -0.2) is 0 Å². The highest BCUT2D eigenvalue weighted by atomic mass is 35.5. The lowest BCUT2D eigenvalue weighted by molar-refractivity contribution is 0.777. The molecule has 0 aliphatic heterocycles. The molecule has 0 heterocycles. The molecule has 0 aromatic heterocycles. The van der Waals surface area contributed by atoms with Crippen LogP contribution in [0.15, 0.2) is 22.8 Å². The summed E-state index contributed by atoms with van der Waals surface area (Å²) in [4.78, 5) is 0. The van der Waals surface area contributed by atoms with E-state index in [1.807, 2.05) is 19.1 Å². The molecule has 0 saturated heterocycles. The van der Waals surface area contributed by atoms with Crippen LogP contribution in [0.1, 0.15) is 13.3 Å². The van der Waals surface area contributed by atoms with Gasteiger partial charge >= 0.3 is 0 Å². The van der Waals surface area contributed by atoms with Gasteiger partial charge in [0.2, 0.25) is 0 Å². The van der Waals surface area contributed by atoms with Crippen molar-refractivity contribution in [1.29, 1.82) is 5.26 Å². The molecule has 1 unspecified atom stereocenters. The third-order valence-corrected chi connectivity index (χ3v) is 1.88. The largest absolute Gasteiger partial charge is 0.198 e. The van der Waals surface area contributed by atoms with E-state index in [2.05, 4.69) is 6.07 Å². The van der Waals surface area contributed by atoms with E-state index in [1.54, 1.807) is 0 Å². The van der Waals surface area contributed by atoms with Gasteiger partial charge in [-0.15, -0.1) is 0 Å². The molecule has 1 aliphatic rings. The number of hydrogen-bond donors (Lipinski definition) is 0. The summed E-state index contributed by atoms with van der Waals surface area (Å²) in [6.07, 6.45) is 4.49. The van der Waals surface area contributed by atoms with E-state index >= 15 is 0 Å². The molecule has 0 fully saturated rings. The average molecular weight is 154 g/mol. The molecule has 0 aromatic rings. The molecule has 52 valence electrons. The molecule has 0 amide bonds. The Morgan fingerprint density at radius 2 is 2.50 bits per heavy atom. The topological polar surface area (TPSA) is 23.8 Å². The summed E-state index contributed by atoms with van der Waals surface area (Å²) in [7, 11) is 0. The minimum absolute atomic E-state index is 0.0440. The molecular weight excluding hydrogens is 146 g/mol. The third-order valence-electron chi connectivity index (χ3n) is 1.62. The summed E-state index contributed by atoms with van der Waals surface area (Å²) in [6.45, 7) is 1.93. The average Bonchev–Trinajstić information content (AvgIpc) is 1.88. The zero-order valence-corrected chi connectivity index (χ0v) is 6.52. The molecule has 2 heteroatoms. The molecule has 0 bridgehead atoms. The summed E-state index contributed by atoms with van der Waals surface area (Å²) in [5.74, 6) is 0.0440. The van der Waals surface area contributed by atoms with Crippen LogP contribution in [0.3, 0.4) is 0 Å². The van der Waals surface area contributed by atoms with E-state index in [-0.39, 0.29) is 5.92 Å². The first-order chi connectivity index (χ1) is 4.74. The number of halogens is 1. The maximum absolute atomic E-state index is 8.58. The molecule has 0 spiro atoms. The van der Waals surface area contributed by atoms with Gasteiger partial charge in [-0.05, 0) is 19.4 Å². The number of nitrogens with zero attached hydrogens (tertiary/aromatic N) is 1. The fourth-order valence-corrected chi connectivity index (χ4v) is 1.21. The van der Waals surface area contributed by atoms with Crippen molar-refractivity contribution in [3.8, 4) is 6.07 Å². The van der Waals surface area contributed by atoms with Crippen LogP contribution < -0.4 is 0 Å². The Hall–Kier alpha value is -0.740. The first kappa shape index (κ1) is 7.37. The van der Waals surface area contributed by atoms with Crippen molar-refractivity contribution in [2.24, 2.45) is 5.92 Å². The highest BCUT2D eigenvalue weighted by Crippen LogP contribution is 2.24. The SMILES string of the molecule is CC1=CC(Cl)=CCC1C#N. The van der Waals surface area contributed by atoms with Gasteiger partial charge in [-0.1, -0.05) is 23.3 Å². The van der Waals surface area contributed by atoms with Gasteiger partial charge in [-0.2, -0.15) is 5.26 Å². The van der Waals surface area contributed by atoms with Gasteiger partial charge in [-0.3, -0.25) is 0 Å². The predicted molar refractivity (Wildman–Crippen MR) is 41.4 cm³/mol. The van der Waals surface area contributed by atoms with Gasteiger partial charge in [0.25, 0.3) is 0 Å². The molecule has 0 radical (unpaired) electrons. The Kier molecular flexibility index (Phi) is 2.13. The van der Waals surface area contributed by atoms with Crippen molar-refractivity contribution in [2.45, 2.75) is 13.3 Å². The molecule has 1 rings (SSSR count). The minimum Gasteiger partial charge on any atom is -0.198 e. The summed E-state index contributed by atoms with van der Waals surface area (Å²) in [5, 5.41) is 9.34. The van der Waals surface area contributed by atoms with Crippen molar-refractivity contribution in [3.63, 3.8) is 0 Å². The van der Waals surface area contributed by atoms with Gasteiger partial charge in [0.05, 0.1) is 12.0 Å². The zero-order valence-electron chi connectivity index (χ0n) is 5.76. The van der Waals surface area contributed by atoms with Crippen LogP contribution in [0.25, 0.3) is 0 Å². The summed E-state index contributed by atoms with van der Waals surface area (Å²) >= 11 is 5.71. The molecule has 0 saturated carbocycles. The van der Waals surface area contributed by atoms with Crippen molar-refractivity contribution in [2.75, 3.05) is 0 Å². The molecule has 0 N–H and O–H groups in total. The molecule has 1 atom stereocenters. The van der Waals surface area contributed by atoms with E-state index in [0.717, 1.165) is 17.0 Å². The van der Waals surface area contributed by atoms with Crippen LogP contribution in [-0.4, -0.2) is 0 Å². The monoisotopic (exact) mass is 153 g/mol. The first-order valence-electron chi connectivity index (χ1n) is 3.17. The second-order valence-electron chi connectivity index (χ2n) is 2.39. The number of rotatable bonds is 0. The molecule has 1 nitrogen and oxygen atoms in total. The van der Waals surface area contributed by atoms with Crippen LogP contribution in [0.4, 0.5) is 0 Å². The Morgan fingerprint density at radius 1 is 1.80 bits per heavy atom. The van der Waals surface area contributed by atoms with Crippen LogP contribution in [0.5, 0.6) is 0 Å². The fraction of sp³-hybridized carbons (Fsp3) is 0.375. The summed E-state index contributed by atoms with van der Waals surface area (Å²) in [5.41, 5.74) is 1.06. The Labute approximate surface area is 65.6 Å². The second kappa shape index (κ2) is 2.90. The van der Waals surface area contributed by atoms with Crippen molar-refractivity contribution >= 4 is 11.6 Å². The van der Waals surface area contributed by atoms with E-state index in [9.17, 15) is 0 Å². The first-order valence-corrected chi connectivity index (χ1v) is 3.55. The number of hydrogen-bond acceptors (Lipinski definition) is 1. The van der Waals surface area contributed by atoms with Crippen molar-refractivity contribution in [3.05, 3.63) is 22.8 Å². The number of nitriles is 1. The van der Waals surface area contributed by atoms with Gasteiger partial charge in [0, 0.05) is 5.03 Å². The maximum Gasteiger partial charge on any atom is 0.0708 e. The molecule has 0 aromatic carbocycles. The molecule has 1 aliphatic carbocycles. The van der Waals surface area contributed by atoms with Crippen molar-refractivity contribution in [1.82, 2.24) is 0 Å². The van der Waals surface area contributed by atoms with E-state index < -0.39 is 0 Å². The standard InChI is InChI=1S/C8H8ClN/c1-6-4-8(9)3-2-7(6)5-10/h3-4,7H,2H2,1H3.